The molecule has 9 heteroatoms. The summed E-state index contributed by atoms with van der Waals surface area (Å²) in [5.41, 5.74) is 2.87. The monoisotopic (exact) mass is 275 g/mol. The van der Waals surface area contributed by atoms with Gasteiger partial charge in [-0.1, -0.05) is 0 Å². The van der Waals surface area contributed by atoms with E-state index in [-0.39, 0.29) is 12.3 Å². The lowest BCUT2D eigenvalue weighted by Crippen LogP contribution is -2.14. The molecule has 1 aromatic heterocycles. The van der Waals surface area contributed by atoms with Crippen molar-refractivity contribution >= 4 is 17.3 Å². The van der Waals surface area contributed by atoms with E-state index in [2.05, 4.69) is 9.72 Å². The molecule has 0 aliphatic rings. The van der Waals surface area contributed by atoms with Crippen molar-refractivity contribution in [1.29, 1.82) is 0 Å². The van der Waals surface area contributed by atoms with Crippen molar-refractivity contribution < 1.29 is 23.2 Å². The molecule has 0 aromatic carbocycles. The molecule has 104 valence electrons. The molecule has 0 bridgehead atoms. The van der Waals surface area contributed by atoms with E-state index < -0.39 is 40.7 Å². The maximum atomic E-state index is 12.8. The number of nitrogen functional groups attached to an aromatic ring is 1. The number of ether oxygens (including phenoxy) is 1. The number of nitro groups is 1. The van der Waals surface area contributed by atoms with Crippen LogP contribution in [0.5, 0.6) is 0 Å². The number of hydrogen-bond donors (Lipinski definition) is 1. The summed E-state index contributed by atoms with van der Waals surface area (Å²) < 4.78 is 30.1. The number of pyridine rings is 1. The Morgan fingerprint density at radius 3 is 2.74 bits per heavy atom. The Morgan fingerprint density at radius 1 is 1.63 bits per heavy atom. The van der Waals surface area contributed by atoms with Crippen molar-refractivity contribution in [2.45, 2.75) is 19.8 Å². The fourth-order valence-electron chi connectivity index (χ4n) is 1.51. The molecule has 0 saturated carbocycles. The third kappa shape index (κ3) is 3.33. The van der Waals surface area contributed by atoms with Crippen LogP contribution < -0.4 is 5.73 Å². The molecule has 2 N–H and O–H groups in total. The molecule has 7 nitrogen and oxygen atoms in total. The predicted molar refractivity (Wildman–Crippen MR) is 60.6 cm³/mol. The van der Waals surface area contributed by atoms with Gasteiger partial charge in [-0.05, 0) is 6.92 Å². The van der Waals surface area contributed by atoms with Crippen molar-refractivity contribution in [2.24, 2.45) is 0 Å². The van der Waals surface area contributed by atoms with Gasteiger partial charge < -0.3 is 10.5 Å². The van der Waals surface area contributed by atoms with E-state index in [1.165, 1.54) is 6.92 Å². The van der Waals surface area contributed by atoms with Gasteiger partial charge in [-0.25, -0.2) is 8.78 Å². The van der Waals surface area contributed by atoms with Crippen LogP contribution in [0.2, 0.25) is 0 Å². The number of nitrogens with zero attached hydrogens (tertiary/aromatic N) is 2. The first-order valence-electron chi connectivity index (χ1n) is 5.23. The van der Waals surface area contributed by atoms with E-state index in [0.29, 0.717) is 0 Å². The number of aromatic nitrogens is 1. The van der Waals surface area contributed by atoms with Gasteiger partial charge in [0.15, 0.2) is 0 Å². The van der Waals surface area contributed by atoms with Gasteiger partial charge in [0, 0.05) is 0 Å². The van der Waals surface area contributed by atoms with E-state index in [1.54, 1.807) is 0 Å². The minimum absolute atomic E-state index is 0.0341. The highest BCUT2D eigenvalue weighted by Gasteiger charge is 2.29. The van der Waals surface area contributed by atoms with Crippen LogP contribution in [-0.2, 0) is 16.0 Å². The smallest absolute Gasteiger partial charge is 0.310 e. The van der Waals surface area contributed by atoms with E-state index >= 15 is 0 Å². The van der Waals surface area contributed by atoms with Gasteiger partial charge in [0.25, 0.3) is 12.1 Å². The highest BCUT2D eigenvalue weighted by Crippen LogP contribution is 2.32. The quantitative estimate of drug-likeness (QED) is 0.497. The Kier molecular flexibility index (Phi) is 4.67. The second-order valence-electron chi connectivity index (χ2n) is 3.47. The summed E-state index contributed by atoms with van der Waals surface area (Å²) in [5.74, 6) is -0.861. The van der Waals surface area contributed by atoms with Gasteiger partial charge in [0.1, 0.15) is 11.4 Å². The Bertz CT molecular complexity index is 508. The van der Waals surface area contributed by atoms with E-state index in [0.717, 1.165) is 6.20 Å². The van der Waals surface area contributed by atoms with Crippen molar-refractivity contribution in [2.75, 3.05) is 12.3 Å². The first kappa shape index (κ1) is 14.7. The summed E-state index contributed by atoms with van der Waals surface area (Å²) in [5, 5.41) is 10.9. The third-order valence-corrected chi connectivity index (χ3v) is 2.23. The molecular weight excluding hydrogens is 264 g/mol. The topological polar surface area (TPSA) is 108 Å². The molecule has 19 heavy (non-hydrogen) atoms. The summed E-state index contributed by atoms with van der Waals surface area (Å²) in [6, 6.07) is 0. The number of alkyl halides is 2. The number of nitrogens with two attached hydrogens (primary N) is 1. The van der Waals surface area contributed by atoms with Gasteiger partial charge in [-0.2, -0.15) is 0 Å². The SMILES string of the molecule is CCOC(=O)Cc1c(C(F)F)ncc(N)c1[N+](=O)[O-]. The summed E-state index contributed by atoms with van der Waals surface area (Å²) in [4.78, 5) is 24.6. The fourth-order valence-corrected chi connectivity index (χ4v) is 1.51. The van der Waals surface area contributed by atoms with Crippen LogP contribution in [0.25, 0.3) is 0 Å². The minimum Gasteiger partial charge on any atom is -0.466 e. The highest BCUT2D eigenvalue weighted by molar-refractivity contribution is 5.77. The molecule has 0 radical (unpaired) electrons. The zero-order valence-corrected chi connectivity index (χ0v) is 9.93. The zero-order chi connectivity index (χ0) is 14.6. The molecule has 1 rings (SSSR count). The second-order valence-corrected chi connectivity index (χ2v) is 3.47. The Labute approximate surface area is 106 Å². The second kappa shape index (κ2) is 6.03. The predicted octanol–water partition coefficient (Wildman–Crippen LogP) is 1.62. The molecule has 1 heterocycles. The number of carbonyl (C=O) groups is 1. The molecule has 0 aliphatic heterocycles. The van der Waals surface area contributed by atoms with Gasteiger partial charge in [-0.3, -0.25) is 19.9 Å². The molecule has 0 unspecified atom stereocenters. The Hall–Kier alpha value is -2.32. The average Bonchev–Trinajstić information content (AvgIpc) is 2.28. The Balaban J connectivity index is 3.33. The van der Waals surface area contributed by atoms with Crippen LogP contribution >= 0.6 is 0 Å². The van der Waals surface area contributed by atoms with Crippen LogP contribution in [0.15, 0.2) is 6.20 Å². The third-order valence-electron chi connectivity index (χ3n) is 2.23. The summed E-state index contributed by atoms with van der Waals surface area (Å²) >= 11 is 0. The van der Waals surface area contributed by atoms with E-state index in [1.807, 2.05) is 0 Å². The number of esters is 1. The highest BCUT2D eigenvalue weighted by atomic mass is 19.3. The van der Waals surface area contributed by atoms with Crippen LogP contribution in [0, 0.1) is 10.1 Å². The van der Waals surface area contributed by atoms with Crippen LogP contribution in [0.1, 0.15) is 24.6 Å². The fraction of sp³-hybridized carbons (Fsp3) is 0.400. The Morgan fingerprint density at radius 2 is 2.26 bits per heavy atom. The first-order chi connectivity index (χ1) is 8.88. The lowest BCUT2D eigenvalue weighted by molar-refractivity contribution is -0.384. The summed E-state index contributed by atoms with van der Waals surface area (Å²) in [7, 11) is 0. The zero-order valence-electron chi connectivity index (χ0n) is 9.93. The molecule has 0 saturated heterocycles. The largest absolute Gasteiger partial charge is 0.466 e. The normalized spacial score (nSPS) is 10.5. The number of rotatable bonds is 5. The molecular formula is C10H11F2N3O4. The average molecular weight is 275 g/mol. The van der Waals surface area contributed by atoms with Gasteiger partial charge in [0.05, 0.1) is 29.7 Å². The molecule has 0 aliphatic carbocycles. The maximum absolute atomic E-state index is 12.8. The van der Waals surface area contributed by atoms with Crippen molar-refractivity contribution in [1.82, 2.24) is 4.98 Å². The standard InChI is InChI=1S/C10H11F2N3O4/c1-2-19-7(16)3-5-8(10(11)12)14-4-6(13)9(5)15(17)18/h4,10H,2-3,13H2,1H3. The first-order valence-corrected chi connectivity index (χ1v) is 5.23. The van der Waals surface area contributed by atoms with Crippen molar-refractivity contribution in [3.63, 3.8) is 0 Å². The van der Waals surface area contributed by atoms with E-state index in [4.69, 9.17) is 5.73 Å². The molecule has 0 atom stereocenters. The molecule has 0 amide bonds. The molecule has 0 spiro atoms. The maximum Gasteiger partial charge on any atom is 0.310 e. The number of carbonyl (C=O) groups excluding carboxylic acids is 1. The lowest BCUT2D eigenvalue weighted by atomic mass is 10.1. The number of anilines is 1. The summed E-state index contributed by atoms with van der Waals surface area (Å²) in [6.45, 7) is 1.56. The van der Waals surface area contributed by atoms with Crippen molar-refractivity contribution in [3.05, 3.63) is 27.6 Å². The van der Waals surface area contributed by atoms with Gasteiger partial charge >= 0.3 is 5.97 Å². The summed E-state index contributed by atoms with van der Waals surface area (Å²) in [6.07, 6.45) is -2.96. The number of hydrogen-bond acceptors (Lipinski definition) is 6. The van der Waals surface area contributed by atoms with E-state index in [9.17, 15) is 23.7 Å². The van der Waals surface area contributed by atoms with Gasteiger partial charge in [-0.15, -0.1) is 0 Å². The van der Waals surface area contributed by atoms with Crippen LogP contribution in [-0.4, -0.2) is 22.5 Å². The van der Waals surface area contributed by atoms with Crippen LogP contribution in [0.4, 0.5) is 20.2 Å². The lowest BCUT2D eigenvalue weighted by Gasteiger charge is -2.09. The van der Waals surface area contributed by atoms with Gasteiger partial charge in [0.2, 0.25) is 0 Å². The molecule has 0 fully saturated rings. The minimum atomic E-state index is -3.05. The van der Waals surface area contributed by atoms with Crippen LogP contribution in [0.3, 0.4) is 0 Å². The van der Waals surface area contributed by atoms with Crippen molar-refractivity contribution in [3.8, 4) is 0 Å². The molecule has 1 aromatic rings. The number of halogens is 2.